The van der Waals surface area contributed by atoms with Gasteiger partial charge in [0.25, 0.3) is 0 Å². The lowest BCUT2D eigenvalue weighted by atomic mass is 9.82. The van der Waals surface area contributed by atoms with E-state index in [1.165, 1.54) is 18.5 Å². The van der Waals surface area contributed by atoms with Gasteiger partial charge in [-0.2, -0.15) is 5.10 Å². The third-order valence-electron chi connectivity index (χ3n) is 4.20. The minimum absolute atomic E-state index is 0.441. The highest BCUT2D eigenvalue weighted by Gasteiger charge is 2.52. The van der Waals surface area contributed by atoms with Gasteiger partial charge in [-0.3, -0.25) is 4.68 Å². The van der Waals surface area contributed by atoms with Crippen molar-refractivity contribution < 1.29 is 19.2 Å². The van der Waals surface area contributed by atoms with E-state index in [1.54, 1.807) is 12.4 Å². The van der Waals surface area contributed by atoms with Gasteiger partial charge < -0.3 is 19.2 Å². The summed E-state index contributed by atoms with van der Waals surface area (Å²) in [5, 5.41) is 15.2. The summed E-state index contributed by atoms with van der Waals surface area (Å²) in [6.07, 6.45) is 3.19. The van der Waals surface area contributed by atoms with E-state index in [2.05, 4.69) is 5.10 Å². The van der Waals surface area contributed by atoms with E-state index in [0.29, 0.717) is 5.46 Å². The Hall–Kier alpha value is -1.34. The topological polar surface area (TPSA) is 76.4 Å². The fourth-order valence-corrected chi connectivity index (χ4v) is 1.84. The highest BCUT2D eigenvalue weighted by Crippen LogP contribution is 2.36. The van der Waals surface area contributed by atoms with Crippen LogP contribution in [-0.2, 0) is 19.6 Å². The molecule has 2 rings (SSSR count). The molecule has 1 fully saturated rings. The van der Waals surface area contributed by atoms with Crippen molar-refractivity contribution >= 4 is 18.6 Å². The molecule has 0 spiro atoms. The van der Waals surface area contributed by atoms with Crippen molar-refractivity contribution in [2.45, 2.75) is 58.3 Å². The van der Waals surface area contributed by atoms with Gasteiger partial charge in [-0.1, -0.05) is 0 Å². The highest BCUT2D eigenvalue weighted by molar-refractivity contribution is 6.62. The van der Waals surface area contributed by atoms with Crippen molar-refractivity contribution in [1.82, 2.24) is 9.78 Å². The van der Waals surface area contributed by atoms with Gasteiger partial charge in [-0.15, -0.1) is 0 Å². The molecule has 0 atom stereocenters. The number of carboxylic acid groups (broad SMARTS) is 1. The van der Waals surface area contributed by atoms with Gasteiger partial charge in [0, 0.05) is 17.9 Å². The molecule has 110 valence electrons. The van der Waals surface area contributed by atoms with Crippen LogP contribution in [0.4, 0.5) is 0 Å². The largest absolute Gasteiger partial charge is 0.548 e. The van der Waals surface area contributed by atoms with E-state index in [-0.39, 0.29) is 0 Å². The van der Waals surface area contributed by atoms with Crippen LogP contribution in [0.2, 0.25) is 0 Å². The molecule has 7 heteroatoms. The number of aliphatic carboxylic acids is 1. The van der Waals surface area contributed by atoms with Gasteiger partial charge in [0.2, 0.25) is 0 Å². The normalized spacial score (nSPS) is 21.2. The third-order valence-corrected chi connectivity index (χ3v) is 4.20. The van der Waals surface area contributed by atoms with E-state index in [0.717, 1.165) is 0 Å². The second-order valence-electron chi connectivity index (χ2n) is 6.65. The monoisotopic (exact) mass is 279 g/mol. The molecule has 0 unspecified atom stereocenters. The molecule has 0 bridgehead atoms. The molecule has 0 radical (unpaired) electrons. The molecule has 1 aromatic rings. The Bertz CT molecular complexity index is 520. The number of rotatable bonds is 3. The minimum atomic E-state index is -1.22. The van der Waals surface area contributed by atoms with E-state index >= 15 is 0 Å². The van der Waals surface area contributed by atoms with Gasteiger partial charge in [0.05, 0.1) is 22.7 Å². The van der Waals surface area contributed by atoms with E-state index in [9.17, 15) is 9.90 Å². The van der Waals surface area contributed by atoms with Crippen LogP contribution in [0.5, 0.6) is 0 Å². The third kappa shape index (κ3) is 2.25. The molecule has 1 aliphatic heterocycles. The van der Waals surface area contributed by atoms with Gasteiger partial charge in [0.1, 0.15) is 0 Å². The molecular weight excluding hydrogens is 259 g/mol. The molecule has 0 N–H and O–H groups in total. The van der Waals surface area contributed by atoms with E-state index in [1.807, 2.05) is 27.7 Å². The molecule has 1 aromatic heterocycles. The SMILES string of the molecule is CC(C)(C(=O)[O-])n1cc(B2OC(C)(C)C(C)(C)O2)cn1. The van der Waals surface area contributed by atoms with Crippen molar-refractivity contribution in [2.75, 3.05) is 0 Å². The van der Waals surface area contributed by atoms with Crippen LogP contribution in [0, 0.1) is 0 Å². The summed E-state index contributed by atoms with van der Waals surface area (Å²) in [6.45, 7) is 10.9. The number of carbonyl (C=O) groups excluding carboxylic acids is 1. The van der Waals surface area contributed by atoms with Crippen LogP contribution in [0.15, 0.2) is 12.4 Å². The van der Waals surface area contributed by atoms with Crippen molar-refractivity contribution in [3.63, 3.8) is 0 Å². The first-order chi connectivity index (χ1) is 8.97. The molecule has 0 amide bonds. The summed E-state index contributed by atoms with van der Waals surface area (Å²) in [6, 6.07) is 0. The Kier molecular flexibility index (Phi) is 3.26. The lowest BCUT2D eigenvalue weighted by Crippen LogP contribution is -2.46. The highest BCUT2D eigenvalue weighted by atomic mass is 16.7. The second-order valence-corrected chi connectivity index (χ2v) is 6.65. The molecule has 1 aliphatic rings. The number of hydrogen-bond donors (Lipinski definition) is 0. The summed E-state index contributed by atoms with van der Waals surface area (Å²) in [5.41, 5.74) is -1.41. The molecule has 2 heterocycles. The first-order valence-electron chi connectivity index (χ1n) is 6.59. The number of aromatic nitrogens is 2. The summed E-state index contributed by atoms with van der Waals surface area (Å²) in [5.74, 6) is -1.19. The van der Waals surface area contributed by atoms with Crippen LogP contribution < -0.4 is 10.6 Å². The van der Waals surface area contributed by atoms with Crippen LogP contribution >= 0.6 is 0 Å². The maximum Gasteiger partial charge on any atom is 0.498 e. The Balaban J connectivity index is 2.26. The zero-order chi connectivity index (χ0) is 15.3. The number of hydrogen-bond acceptors (Lipinski definition) is 5. The fourth-order valence-electron chi connectivity index (χ4n) is 1.84. The van der Waals surface area contributed by atoms with Crippen molar-refractivity contribution in [3.05, 3.63) is 12.4 Å². The van der Waals surface area contributed by atoms with Crippen LogP contribution in [0.1, 0.15) is 41.5 Å². The van der Waals surface area contributed by atoms with Crippen LogP contribution in [0.3, 0.4) is 0 Å². The zero-order valence-corrected chi connectivity index (χ0v) is 12.8. The van der Waals surface area contributed by atoms with Crippen molar-refractivity contribution in [1.29, 1.82) is 0 Å². The van der Waals surface area contributed by atoms with Crippen LogP contribution in [0.25, 0.3) is 0 Å². The standard InChI is InChI=1S/C13H21BN2O4/c1-11(2,10(17)18)16-8-9(7-15-16)14-19-12(3,4)13(5,6)20-14/h7-8H,1-6H3,(H,17,18)/p-1. The molecule has 6 nitrogen and oxygen atoms in total. The van der Waals surface area contributed by atoms with Gasteiger partial charge in [-0.05, 0) is 41.5 Å². The second kappa shape index (κ2) is 4.33. The first-order valence-corrected chi connectivity index (χ1v) is 6.59. The molecule has 0 aliphatic carbocycles. The van der Waals surface area contributed by atoms with Crippen molar-refractivity contribution in [2.24, 2.45) is 0 Å². The van der Waals surface area contributed by atoms with Gasteiger partial charge in [0.15, 0.2) is 0 Å². The number of nitrogens with zero attached hydrogens (tertiary/aromatic N) is 2. The Labute approximate surface area is 119 Å². The first kappa shape index (κ1) is 15.1. The minimum Gasteiger partial charge on any atom is -0.548 e. The van der Waals surface area contributed by atoms with Gasteiger partial charge in [-0.25, -0.2) is 0 Å². The summed E-state index contributed by atoms with van der Waals surface area (Å²) < 4.78 is 13.1. The van der Waals surface area contributed by atoms with E-state index < -0.39 is 29.8 Å². The summed E-state index contributed by atoms with van der Waals surface area (Å²) >= 11 is 0. The maximum absolute atomic E-state index is 11.1. The fraction of sp³-hybridized carbons (Fsp3) is 0.692. The Morgan fingerprint density at radius 1 is 1.30 bits per heavy atom. The smallest absolute Gasteiger partial charge is 0.498 e. The number of carbonyl (C=O) groups is 1. The average molecular weight is 279 g/mol. The molecule has 0 saturated carbocycles. The predicted molar refractivity (Wildman–Crippen MR) is 72.3 cm³/mol. The quantitative estimate of drug-likeness (QED) is 0.708. The predicted octanol–water partition coefficient (Wildman–Crippen LogP) is -0.333. The zero-order valence-electron chi connectivity index (χ0n) is 12.8. The van der Waals surface area contributed by atoms with E-state index in [4.69, 9.17) is 9.31 Å². The van der Waals surface area contributed by atoms with Gasteiger partial charge >= 0.3 is 7.12 Å². The summed E-state index contributed by atoms with van der Waals surface area (Å²) in [7, 11) is -0.550. The number of carboxylic acids is 1. The molecule has 1 saturated heterocycles. The lowest BCUT2D eigenvalue weighted by molar-refractivity contribution is -0.316. The Morgan fingerprint density at radius 3 is 2.25 bits per heavy atom. The Morgan fingerprint density at radius 2 is 1.80 bits per heavy atom. The van der Waals surface area contributed by atoms with Crippen molar-refractivity contribution in [3.8, 4) is 0 Å². The maximum atomic E-state index is 11.1. The molecule has 0 aromatic carbocycles. The molecular formula is C13H20BN2O4-. The molecule has 20 heavy (non-hydrogen) atoms. The van der Waals surface area contributed by atoms with Crippen LogP contribution in [-0.4, -0.2) is 34.1 Å². The summed E-state index contributed by atoms with van der Waals surface area (Å²) in [4.78, 5) is 11.1. The lowest BCUT2D eigenvalue weighted by Gasteiger charge is -2.32. The average Bonchev–Trinajstić information content (AvgIpc) is 2.82.